The van der Waals surface area contributed by atoms with Gasteiger partial charge in [-0.1, -0.05) is 25.1 Å². The van der Waals surface area contributed by atoms with Crippen molar-refractivity contribution in [2.45, 2.75) is 24.3 Å². The van der Waals surface area contributed by atoms with E-state index in [9.17, 15) is 0 Å². The maximum atomic E-state index is 6.13. The number of aromatic nitrogens is 3. The van der Waals surface area contributed by atoms with Gasteiger partial charge in [0.2, 0.25) is 5.88 Å². The molecule has 1 aliphatic rings. The van der Waals surface area contributed by atoms with E-state index in [0.717, 1.165) is 43.0 Å². The van der Waals surface area contributed by atoms with Crippen LogP contribution in [0, 0.1) is 0 Å². The summed E-state index contributed by atoms with van der Waals surface area (Å²) in [6.07, 6.45) is 5.24. The van der Waals surface area contributed by atoms with Crippen LogP contribution in [0.5, 0.6) is 5.88 Å². The molecule has 1 aliphatic heterocycles. The number of thioether (sulfide) groups is 1. The van der Waals surface area contributed by atoms with Crippen LogP contribution in [0.1, 0.15) is 13.3 Å². The molecule has 1 aromatic carbocycles. The summed E-state index contributed by atoms with van der Waals surface area (Å²) < 4.78 is 8.01. The topological polar surface area (TPSA) is 42.7 Å². The van der Waals surface area contributed by atoms with Crippen molar-refractivity contribution in [3.05, 3.63) is 42.6 Å². The predicted molar refractivity (Wildman–Crippen MR) is 101 cm³/mol. The number of hydrogen-bond donors (Lipinski definition) is 0. The molecule has 3 heterocycles. The molecule has 1 saturated heterocycles. The number of nitrogens with zero attached hydrogens (tertiary/aromatic N) is 4. The second-order valence-corrected chi connectivity index (χ2v) is 7.06. The van der Waals surface area contributed by atoms with Crippen molar-refractivity contribution in [2.75, 3.05) is 25.9 Å². The zero-order valence-corrected chi connectivity index (χ0v) is 15.4. The zero-order chi connectivity index (χ0) is 17.2. The van der Waals surface area contributed by atoms with E-state index >= 15 is 0 Å². The van der Waals surface area contributed by atoms with Crippen LogP contribution in [0.4, 0.5) is 0 Å². The van der Waals surface area contributed by atoms with E-state index in [1.54, 1.807) is 11.8 Å². The highest BCUT2D eigenvalue weighted by atomic mass is 32.2. The van der Waals surface area contributed by atoms with Gasteiger partial charge in [-0.25, -0.2) is 9.50 Å². The first-order valence-electron chi connectivity index (χ1n) is 8.65. The number of rotatable bonds is 5. The van der Waals surface area contributed by atoms with E-state index in [-0.39, 0.29) is 6.10 Å². The summed E-state index contributed by atoms with van der Waals surface area (Å²) in [5.74, 6) is 0.663. The standard InChI is InChI=1S/C19H22N4OS/c1-3-22-11-10-14(13-22)24-19-9-8-18-20-12-16(23(18)21-19)15-6-4-5-7-17(15)25-2/h4-9,12,14H,3,10-11,13H2,1-2H3. The molecule has 4 rings (SSSR count). The molecule has 0 bridgehead atoms. The van der Waals surface area contributed by atoms with Gasteiger partial charge in [0.25, 0.3) is 0 Å². The summed E-state index contributed by atoms with van der Waals surface area (Å²) in [7, 11) is 0. The van der Waals surface area contributed by atoms with E-state index in [0.29, 0.717) is 5.88 Å². The molecule has 5 nitrogen and oxygen atoms in total. The first-order valence-corrected chi connectivity index (χ1v) is 9.88. The third kappa shape index (κ3) is 3.24. The number of ether oxygens (including phenoxy) is 1. The quantitative estimate of drug-likeness (QED) is 0.655. The third-order valence-corrected chi connectivity index (χ3v) is 5.48. The largest absolute Gasteiger partial charge is 0.472 e. The molecule has 0 saturated carbocycles. The summed E-state index contributed by atoms with van der Waals surface area (Å²) in [6, 6.07) is 12.2. The van der Waals surface area contributed by atoms with E-state index in [1.165, 1.54) is 4.90 Å². The van der Waals surface area contributed by atoms with Crippen LogP contribution >= 0.6 is 11.8 Å². The molecular formula is C19H22N4OS. The first kappa shape index (κ1) is 16.4. The minimum absolute atomic E-state index is 0.218. The highest BCUT2D eigenvalue weighted by Crippen LogP contribution is 2.30. The molecule has 0 aliphatic carbocycles. The van der Waals surface area contributed by atoms with Crippen LogP contribution in [0.15, 0.2) is 47.5 Å². The Morgan fingerprint density at radius 3 is 2.92 bits per heavy atom. The molecule has 0 N–H and O–H groups in total. The summed E-state index contributed by atoms with van der Waals surface area (Å²) >= 11 is 1.73. The molecule has 1 fully saturated rings. The minimum Gasteiger partial charge on any atom is -0.472 e. The summed E-state index contributed by atoms with van der Waals surface area (Å²) in [5, 5.41) is 4.71. The summed E-state index contributed by atoms with van der Waals surface area (Å²) in [6.45, 7) is 5.33. The van der Waals surface area contributed by atoms with Crippen molar-refractivity contribution in [2.24, 2.45) is 0 Å². The Kier molecular flexibility index (Phi) is 4.63. The minimum atomic E-state index is 0.218. The van der Waals surface area contributed by atoms with Crippen LogP contribution < -0.4 is 4.74 Å². The normalized spacial score (nSPS) is 18.1. The van der Waals surface area contributed by atoms with Gasteiger partial charge < -0.3 is 4.74 Å². The monoisotopic (exact) mass is 354 g/mol. The Labute approximate surface area is 152 Å². The van der Waals surface area contributed by atoms with Crippen molar-refractivity contribution in [3.8, 4) is 17.1 Å². The van der Waals surface area contributed by atoms with E-state index in [4.69, 9.17) is 9.84 Å². The summed E-state index contributed by atoms with van der Waals surface area (Å²) in [4.78, 5) is 8.11. The lowest BCUT2D eigenvalue weighted by molar-refractivity contribution is 0.192. The van der Waals surface area contributed by atoms with Crippen molar-refractivity contribution < 1.29 is 4.74 Å². The van der Waals surface area contributed by atoms with E-state index in [1.807, 2.05) is 28.9 Å². The average Bonchev–Trinajstić information content (AvgIpc) is 3.28. The highest BCUT2D eigenvalue weighted by molar-refractivity contribution is 7.98. The Morgan fingerprint density at radius 2 is 2.12 bits per heavy atom. The molecule has 130 valence electrons. The van der Waals surface area contributed by atoms with Crippen molar-refractivity contribution in [1.82, 2.24) is 19.5 Å². The van der Waals surface area contributed by atoms with Gasteiger partial charge in [-0.3, -0.25) is 4.90 Å². The number of likely N-dealkylation sites (N-methyl/N-ethyl adjacent to an activating group) is 1. The van der Waals surface area contributed by atoms with Gasteiger partial charge in [-0.05, 0) is 31.4 Å². The van der Waals surface area contributed by atoms with Crippen molar-refractivity contribution >= 4 is 17.4 Å². The third-order valence-electron chi connectivity index (χ3n) is 4.68. The first-order chi connectivity index (χ1) is 12.3. The number of imidazole rings is 1. The maximum Gasteiger partial charge on any atom is 0.232 e. The molecule has 0 amide bonds. The second-order valence-electron chi connectivity index (χ2n) is 6.21. The fourth-order valence-corrected chi connectivity index (χ4v) is 3.92. The lowest BCUT2D eigenvalue weighted by Crippen LogP contribution is -2.24. The predicted octanol–water partition coefficient (Wildman–Crippen LogP) is 3.59. The van der Waals surface area contributed by atoms with Crippen LogP contribution in [-0.2, 0) is 0 Å². The Morgan fingerprint density at radius 1 is 1.24 bits per heavy atom. The highest BCUT2D eigenvalue weighted by Gasteiger charge is 2.23. The second kappa shape index (κ2) is 7.06. The van der Waals surface area contributed by atoms with Gasteiger partial charge in [-0.15, -0.1) is 16.9 Å². The maximum absolute atomic E-state index is 6.13. The van der Waals surface area contributed by atoms with Crippen molar-refractivity contribution in [1.29, 1.82) is 0 Å². The van der Waals surface area contributed by atoms with Crippen LogP contribution in [0.25, 0.3) is 16.9 Å². The van der Waals surface area contributed by atoms with Gasteiger partial charge >= 0.3 is 0 Å². The molecule has 3 aromatic rings. The van der Waals surface area contributed by atoms with Crippen LogP contribution in [-0.4, -0.2) is 51.5 Å². The molecule has 1 atom stereocenters. The average molecular weight is 354 g/mol. The molecule has 0 radical (unpaired) electrons. The molecule has 1 unspecified atom stereocenters. The smallest absolute Gasteiger partial charge is 0.232 e. The Balaban J connectivity index is 1.66. The lowest BCUT2D eigenvalue weighted by Gasteiger charge is -2.14. The number of benzene rings is 1. The Hall–Kier alpha value is -2.05. The van der Waals surface area contributed by atoms with Gasteiger partial charge in [0.1, 0.15) is 6.10 Å². The molecule has 25 heavy (non-hydrogen) atoms. The number of fused-ring (bicyclic) bond motifs is 1. The molecule has 0 spiro atoms. The Bertz CT molecular complexity index is 879. The van der Waals surface area contributed by atoms with Crippen molar-refractivity contribution in [3.63, 3.8) is 0 Å². The van der Waals surface area contributed by atoms with E-state index < -0.39 is 0 Å². The fourth-order valence-electron chi connectivity index (χ4n) is 3.31. The number of hydrogen-bond acceptors (Lipinski definition) is 5. The fraction of sp³-hybridized carbons (Fsp3) is 0.368. The van der Waals surface area contributed by atoms with Gasteiger partial charge in [0.15, 0.2) is 5.65 Å². The van der Waals surface area contributed by atoms with Gasteiger partial charge in [-0.2, -0.15) is 0 Å². The molecule has 2 aromatic heterocycles. The zero-order valence-electron chi connectivity index (χ0n) is 14.6. The molecule has 6 heteroatoms. The summed E-state index contributed by atoms with van der Waals surface area (Å²) in [5.41, 5.74) is 2.97. The SMILES string of the molecule is CCN1CCC(Oc2ccc3ncc(-c4ccccc4SC)n3n2)C1. The molecular weight excluding hydrogens is 332 g/mol. The number of likely N-dealkylation sites (tertiary alicyclic amines) is 1. The van der Waals surface area contributed by atoms with Gasteiger partial charge in [0, 0.05) is 29.6 Å². The van der Waals surface area contributed by atoms with E-state index in [2.05, 4.69) is 41.3 Å². The van der Waals surface area contributed by atoms with Crippen LogP contribution in [0.3, 0.4) is 0 Å². The van der Waals surface area contributed by atoms with Gasteiger partial charge in [0.05, 0.1) is 11.9 Å². The lowest BCUT2D eigenvalue weighted by atomic mass is 10.2. The van der Waals surface area contributed by atoms with Crippen LogP contribution in [0.2, 0.25) is 0 Å².